The van der Waals surface area contributed by atoms with E-state index in [1.165, 1.54) is 69.8 Å². The number of fused-ring (bicyclic) bond motifs is 5. The molecule has 0 aromatic heterocycles. The molecule has 4 aliphatic carbocycles. The molecular formula is C35H61FO. The Balaban J connectivity index is 1.39. The summed E-state index contributed by atoms with van der Waals surface area (Å²) in [6.07, 6.45) is 20.7. The van der Waals surface area contributed by atoms with Gasteiger partial charge in [-0.05, 0) is 104 Å². The fraction of sp³-hybridized carbons (Fsp3) is 0.943. The quantitative estimate of drug-likeness (QED) is 0.202. The van der Waals surface area contributed by atoms with Gasteiger partial charge in [-0.2, -0.15) is 0 Å². The van der Waals surface area contributed by atoms with Gasteiger partial charge in [-0.3, -0.25) is 0 Å². The molecule has 37 heavy (non-hydrogen) atoms. The first kappa shape index (κ1) is 29.6. The summed E-state index contributed by atoms with van der Waals surface area (Å²) in [6, 6.07) is 0. The molecule has 0 radical (unpaired) electrons. The number of rotatable bonds is 12. The van der Waals surface area contributed by atoms with E-state index in [2.05, 4.69) is 47.6 Å². The van der Waals surface area contributed by atoms with Crippen LogP contribution in [-0.2, 0) is 0 Å². The Kier molecular flexibility index (Phi) is 9.62. The van der Waals surface area contributed by atoms with Crippen molar-refractivity contribution in [3.63, 3.8) is 0 Å². The highest BCUT2D eigenvalue weighted by Gasteiger charge is 2.60. The van der Waals surface area contributed by atoms with Crippen molar-refractivity contribution < 1.29 is 9.50 Å². The van der Waals surface area contributed by atoms with Crippen LogP contribution >= 0.6 is 0 Å². The van der Waals surface area contributed by atoms with Gasteiger partial charge in [0.2, 0.25) is 0 Å². The van der Waals surface area contributed by atoms with Crippen molar-refractivity contribution in [2.75, 3.05) is 0 Å². The summed E-state index contributed by atoms with van der Waals surface area (Å²) in [5.74, 6) is 5.04. The van der Waals surface area contributed by atoms with Gasteiger partial charge in [-0.1, -0.05) is 98.1 Å². The Hall–Kier alpha value is -0.370. The zero-order valence-electron chi connectivity index (χ0n) is 25.5. The van der Waals surface area contributed by atoms with E-state index in [1.54, 1.807) is 0 Å². The highest BCUT2D eigenvalue weighted by molar-refractivity contribution is 5.27. The van der Waals surface area contributed by atoms with Crippen LogP contribution in [0.2, 0.25) is 0 Å². The van der Waals surface area contributed by atoms with Crippen LogP contribution in [-0.4, -0.2) is 16.9 Å². The lowest BCUT2D eigenvalue weighted by Gasteiger charge is -2.59. The molecule has 3 saturated carbocycles. The van der Waals surface area contributed by atoms with Crippen molar-refractivity contribution in [3.8, 4) is 0 Å². The number of halogens is 1. The van der Waals surface area contributed by atoms with Gasteiger partial charge in [0, 0.05) is 6.42 Å². The van der Waals surface area contributed by atoms with Crippen LogP contribution in [0.15, 0.2) is 11.6 Å². The Morgan fingerprint density at radius 1 is 0.919 bits per heavy atom. The smallest absolute Gasteiger partial charge is 0.103 e. The van der Waals surface area contributed by atoms with Gasteiger partial charge >= 0.3 is 0 Å². The summed E-state index contributed by atoms with van der Waals surface area (Å²) < 4.78 is 14.9. The Labute approximate surface area is 229 Å². The van der Waals surface area contributed by atoms with Gasteiger partial charge in [0.25, 0.3) is 0 Å². The second kappa shape index (κ2) is 12.0. The van der Waals surface area contributed by atoms with Crippen molar-refractivity contribution >= 4 is 0 Å². The van der Waals surface area contributed by atoms with Crippen LogP contribution in [0.1, 0.15) is 151 Å². The van der Waals surface area contributed by atoms with Gasteiger partial charge in [-0.15, -0.1) is 0 Å². The highest BCUT2D eigenvalue weighted by atomic mass is 19.1. The van der Waals surface area contributed by atoms with Gasteiger partial charge in [0.1, 0.15) is 6.17 Å². The largest absolute Gasteiger partial charge is 0.389 e. The summed E-state index contributed by atoms with van der Waals surface area (Å²) in [4.78, 5) is 0. The minimum Gasteiger partial charge on any atom is -0.389 e. The van der Waals surface area contributed by atoms with Crippen LogP contribution in [0.25, 0.3) is 0 Å². The van der Waals surface area contributed by atoms with Crippen LogP contribution in [0, 0.1) is 46.3 Å². The van der Waals surface area contributed by atoms with Gasteiger partial charge in [0.15, 0.2) is 0 Å². The Morgan fingerprint density at radius 3 is 2.43 bits per heavy atom. The lowest BCUT2D eigenvalue weighted by molar-refractivity contribution is -0.0816. The molecule has 0 bridgehead atoms. The molecule has 0 saturated heterocycles. The van der Waals surface area contributed by atoms with E-state index in [-0.39, 0.29) is 5.41 Å². The van der Waals surface area contributed by atoms with Crippen molar-refractivity contribution in [2.24, 2.45) is 46.3 Å². The van der Waals surface area contributed by atoms with Crippen molar-refractivity contribution in [1.82, 2.24) is 0 Å². The molecule has 0 amide bonds. The molecule has 9 atom stereocenters. The first-order valence-electron chi connectivity index (χ1n) is 16.6. The predicted octanol–water partition coefficient (Wildman–Crippen LogP) is 10.5. The van der Waals surface area contributed by atoms with E-state index < -0.39 is 11.8 Å². The average molecular weight is 517 g/mol. The third-order valence-corrected chi connectivity index (χ3v) is 12.4. The van der Waals surface area contributed by atoms with Crippen LogP contribution in [0.5, 0.6) is 0 Å². The van der Waals surface area contributed by atoms with Crippen molar-refractivity contribution in [1.29, 1.82) is 0 Å². The second-order valence-corrected chi connectivity index (χ2v) is 15.3. The van der Waals surface area contributed by atoms with Gasteiger partial charge in [-0.25, -0.2) is 4.39 Å². The SMILES string of the molecule is CCCCCCC(F)C[C@]1(O)CC[C@@]2(C)C(=CC[C@H]3[C@@H]4CC[C@H]([C@H](C)CCCC(C)C)[C@@]4(C)CC[C@@H]32)C1. The third-order valence-electron chi connectivity index (χ3n) is 12.4. The lowest BCUT2D eigenvalue weighted by atomic mass is 9.46. The van der Waals surface area contributed by atoms with E-state index in [9.17, 15) is 9.50 Å². The summed E-state index contributed by atoms with van der Waals surface area (Å²) in [7, 11) is 0. The first-order valence-corrected chi connectivity index (χ1v) is 16.6. The molecule has 214 valence electrons. The topological polar surface area (TPSA) is 20.2 Å². The monoisotopic (exact) mass is 516 g/mol. The molecule has 0 aromatic carbocycles. The molecule has 1 N–H and O–H groups in total. The number of hydrogen-bond donors (Lipinski definition) is 1. The predicted molar refractivity (Wildman–Crippen MR) is 156 cm³/mol. The minimum atomic E-state index is -0.850. The minimum absolute atomic E-state index is 0.227. The summed E-state index contributed by atoms with van der Waals surface area (Å²) in [5.41, 5.74) is 1.41. The molecule has 1 unspecified atom stereocenters. The Morgan fingerprint density at radius 2 is 1.70 bits per heavy atom. The summed E-state index contributed by atoms with van der Waals surface area (Å²) in [6.45, 7) is 14.7. The number of aliphatic hydroxyl groups is 1. The third kappa shape index (κ3) is 6.20. The van der Waals surface area contributed by atoms with Gasteiger partial charge < -0.3 is 5.11 Å². The van der Waals surface area contributed by atoms with E-state index in [1.807, 2.05) is 0 Å². The number of unbranched alkanes of at least 4 members (excludes halogenated alkanes) is 3. The molecule has 0 aliphatic heterocycles. The molecule has 0 aromatic rings. The van der Waals surface area contributed by atoms with Crippen LogP contribution < -0.4 is 0 Å². The van der Waals surface area contributed by atoms with Crippen LogP contribution in [0.4, 0.5) is 4.39 Å². The molecule has 0 heterocycles. The highest BCUT2D eigenvalue weighted by Crippen LogP contribution is 2.68. The molecule has 1 nitrogen and oxygen atoms in total. The molecule has 3 fully saturated rings. The molecular weight excluding hydrogens is 455 g/mol. The fourth-order valence-electron chi connectivity index (χ4n) is 10.2. The maximum atomic E-state index is 14.9. The zero-order chi connectivity index (χ0) is 26.8. The maximum absolute atomic E-state index is 14.9. The molecule has 4 rings (SSSR count). The van der Waals surface area contributed by atoms with E-state index in [0.717, 1.165) is 67.6 Å². The molecule has 0 spiro atoms. The molecule has 4 aliphatic rings. The second-order valence-electron chi connectivity index (χ2n) is 15.3. The number of hydrogen-bond acceptors (Lipinski definition) is 1. The summed E-state index contributed by atoms with van der Waals surface area (Å²) >= 11 is 0. The standard InChI is InChI=1S/C35H61FO/c1-7-8-9-10-14-28(36)24-35(37)22-21-33(5)27(23-35)15-16-29-31-18-17-30(26(4)13-11-12-25(2)3)34(31,6)20-19-32(29)33/h15,25-26,28-32,37H,7-14,16-24H2,1-6H3/t26-,28?,29+,30-,31+,32+,33+,34-,35+/m1/s1. The average Bonchev–Trinajstić information content (AvgIpc) is 3.19. The van der Waals surface area contributed by atoms with E-state index >= 15 is 0 Å². The van der Waals surface area contributed by atoms with Crippen molar-refractivity contribution in [2.45, 2.75) is 162 Å². The lowest BCUT2D eigenvalue weighted by Crippen LogP contribution is -2.52. The van der Waals surface area contributed by atoms with Crippen LogP contribution in [0.3, 0.4) is 0 Å². The number of alkyl halides is 1. The van der Waals surface area contributed by atoms with Crippen molar-refractivity contribution in [3.05, 3.63) is 11.6 Å². The first-order chi connectivity index (χ1) is 17.5. The Bertz CT molecular complexity index is 773. The van der Waals surface area contributed by atoms with Gasteiger partial charge in [0.05, 0.1) is 5.60 Å². The zero-order valence-corrected chi connectivity index (χ0v) is 25.5. The summed E-state index contributed by atoms with van der Waals surface area (Å²) in [5, 5.41) is 11.5. The van der Waals surface area contributed by atoms with E-state index in [0.29, 0.717) is 18.3 Å². The fourth-order valence-corrected chi connectivity index (χ4v) is 10.2. The number of allylic oxidation sites excluding steroid dienone is 1. The maximum Gasteiger partial charge on any atom is 0.103 e. The normalized spacial score (nSPS) is 41.1. The molecule has 2 heteroatoms. The van der Waals surface area contributed by atoms with E-state index in [4.69, 9.17) is 0 Å².